The van der Waals surface area contributed by atoms with Crippen molar-refractivity contribution in [2.45, 2.75) is 31.4 Å². The maximum atomic E-state index is 13.7. The quantitative estimate of drug-likeness (QED) is 0.887. The number of ether oxygens (including phenoxy) is 3. The number of alkyl carbamates (subject to hydrolysis) is 1. The third-order valence-corrected chi connectivity index (χ3v) is 5.11. The van der Waals surface area contributed by atoms with Crippen molar-refractivity contribution in [1.29, 1.82) is 0 Å². The third kappa shape index (κ3) is 3.27. The molecule has 2 heterocycles. The van der Waals surface area contributed by atoms with Crippen LogP contribution in [0.15, 0.2) is 18.2 Å². The molecule has 0 unspecified atom stereocenters. The molecule has 1 aliphatic carbocycles. The zero-order chi connectivity index (χ0) is 18.3. The second-order valence-corrected chi connectivity index (χ2v) is 7.43. The van der Waals surface area contributed by atoms with Gasteiger partial charge in [0.1, 0.15) is 18.2 Å². The van der Waals surface area contributed by atoms with Crippen LogP contribution in [-0.2, 0) is 9.47 Å². The number of nitrogens with zero attached hydrogens (tertiary/aromatic N) is 1. The number of rotatable bonds is 4. The summed E-state index contributed by atoms with van der Waals surface area (Å²) in [5.41, 5.74) is 0.409. The first-order valence-electron chi connectivity index (χ1n) is 8.72. The van der Waals surface area contributed by atoms with Gasteiger partial charge >= 0.3 is 12.2 Å². The Morgan fingerprint density at radius 2 is 2.19 bits per heavy atom. The molecule has 8 heteroatoms. The van der Waals surface area contributed by atoms with Crippen LogP contribution in [0, 0.1) is 18.7 Å². The van der Waals surface area contributed by atoms with Crippen molar-refractivity contribution >= 4 is 12.2 Å². The smallest absolute Gasteiger partial charge is 0.410 e. The van der Waals surface area contributed by atoms with Gasteiger partial charge in [0.05, 0.1) is 19.7 Å². The number of cyclic esters (lactones) is 1. The summed E-state index contributed by atoms with van der Waals surface area (Å²) in [6.07, 6.45) is 0.469. The zero-order valence-corrected chi connectivity index (χ0v) is 14.5. The molecule has 4 rings (SSSR count). The molecule has 1 aromatic rings. The van der Waals surface area contributed by atoms with Gasteiger partial charge in [0.15, 0.2) is 11.6 Å². The lowest BCUT2D eigenvalue weighted by atomic mass is 9.83. The minimum atomic E-state index is -0.440. The Labute approximate surface area is 150 Å². The molecule has 0 atom stereocenters. The minimum Gasteiger partial charge on any atom is -0.490 e. The Bertz CT molecular complexity index is 728. The summed E-state index contributed by atoms with van der Waals surface area (Å²) in [5, 5.41) is 2.72. The third-order valence-electron chi connectivity index (χ3n) is 5.11. The van der Waals surface area contributed by atoms with E-state index in [1.807, 2.05) is 6.92 Å². The van der Waals surface area contributed by atoms with E-state index in [0.717, 1.165) is 5.56 Å². The molecule has 1 spiro atoms. The summed E-state index contributed by atoms with van der Waals surface area (Å²) in [4.78, 5) is 24.7. The summed E-state index contributed by atoms with van der Waals surface area (Å²) < 4.78 is 29.6. The van der Waals surface area contributed by atoms with E-state index >= 15 is 0 Å². The number of halogens is 1. The van der Waals surface area contributed by atoms with E-state index in [9.17, 15) is 14.0 Å². The summed E-state index contributed by atoms with van der Waals surface area (Å²) in [6.45, 7) is 3.33. The van der Waals surface area contributed by atoms with Crippen molar-refractivity contribution < 1.29 is 28.2 Å². The van der Waals surface area contributed by atoms with E-state index in [4.69, 9.17) is 14.2 Å². The van der Waals surface area contributed by atoms with Crippen LogP contribution >= 0.6 is 0 Å². The number of carbonyl (C=O) groups excluding carboxylic acids is 2. The van der Waals surface area contributed by atoms with Gasteiger partial charge in [0.2, 0.25) is 0 Å². The summed E-state index contributed by atoms with van der Waals surface area (Å²) in [7, 11) is 0. The van der Waals surface area contributed by atoms with Crippen LogP contribution < -0.4 is 10.1 Å². The number of likely N-dealkylation sites (tertiary alicyclic amines) is 1. The van der Waals surface area contributed by atoms with Gasteiger partial charge in [-0.2, -0.15) is 0 Å². The molecule has 7 nitrogen and oxygen atoms in total. The highest BCUT2D eigenvalue weighted by Crippen LogP contribution is 2.33. The number of amides is 2. The molecule has 3 fully saturated rings. The average Bonchev–Trinajstić information content (AvgIpc) is 2.91. The van der Waals surface area contributed by atoms with E-state index < -0.39 is 11.6 Å². The van der Waals surface area contributed by atoms with Crippen molar-refractivity contribution in [1.82, 2.24) is 10.2 Å². The normalized spacial score (nSPS) is 25.8. The molecular weight excluding hydrogens is 343 g/mol. The molecule has 0 radical (unpaired) electrons. The number of hydrogen-bond acceptors (Lipinski definition) is 5. The Balaban J connectivity index is 1.15. The van der Waals surface area contributed by atoms with Crippen LogP contribution in [0.4, 0.5) is 14.0 Å². The Morgan fingerprint density at radius 1 is 1.42 bits per heavy atom. The van der Waals surface area contributed by atoms with E-state index in [1.165, 1.54) is 6.07 Å². The van der Waals surface area contributed by atoms with Gasteiger partial charge in [-0.05, 0) is 43.4 Å². The zero-order valence-electron chi connectivity index (χ0n) is 14.5. The largest absolute Gasteiger partial charge is 0.490 e. The van der Waals surface area contributed by atoms with Crippen LogP contribution in [-0.4, -0.2) is 55.0 Å². The Kier molecular flexibility index (Phi) is 4.13. The number of hydrogen-bond donors (Lipinski definition) is 1. The second kappa shape index (κ2) is 6.34. The van der Waals surface area contributed by atoms with Crippen LogP contribution in [0.1, 0.15) is 18.4 Å². The fourth-order valence-electron chi connectivity index (χ4n) is 3.53. The van der Waals surface area contributed by atoms with Gasteiger partial charge < -0.3 is 24.4 Å². The van der Waals surface area contributed by atoms with Gasteiger partial charge in [-0.15, -0.1) is 0 Å². The lowest BCUT2D eigenvalue weighted by molar-refractivity contribution is -0.0360. The van der Waals surface area contributed by atoms with Crippen LogP contribution in [0.3, 0.4) is 0 Å². The minimum absolute atomic E-state index is 0.134. The van der Waals surface area contributed by atoms with Crippen molar-refractivity contribution in [2.75, 3.05) is 26.3 Å². The molecule has 26 heavy (non-hydrogen) atoms. The molecule has 2 aliphatic heterocycles. The van der Waals surface area contributed by atoms with Crippen molar-refractivity contribution in [2.24, 2.45) is 5.92 Å². The number of aryl methyl sites for hydroxylation is 1. The SMILES string of the molecule is Cc1ccc(OCC2CC(OC(=O)N3CC4(COC(=O)N4)C3)C2)c(F)c1. The highest BCUT2D eigenvalue weighted by Gasteiger charge is 2.52. The van der Waals surface area contributed by atoms with Gasteiger partial charge in [0.25, 0.3) is 0 Å². The molecule has 2 saturated heterocycles. The van der Waals surface area contributed by atoms with Gasteiger partial charge in [-0.3, -0.25) is 0 Å². The van der Waals surface area contributed by atoms with E-state index in [1.54, 1.807) is 17.0 Å². The van der Waals surface area contributed by atoms with E-state index in [-0.39, 0.29) is 36.3 Å². The lowest BCUT2D eigenvalue weighted by Gasteiger charge is -2.46. The van der Waals surface area contributed by atoms with Gasteiger partial charge in [-0.25, -0.2) is 14.0 Å². The highest BCUT2D eigenvalue weighted by molar-refractivity contribution is 5.74. The lowest BCUT2D eigenvalue weighted by Crippen LogP contribution is -2.70. The monoisotopic (exact) mass is 364 g/mol. The topological polar surface area (TPSA) is 77.1 Å². The molecule has 1 N–H and O–H groups in total. The van der Waals surface area contributed by atoms with Gasteiger partial charge in [0, 0.05) is 0 Å². The average molecular weight is 364 g/mol. The number of nitrogens with one attached hydrogen (secondary N) is 1. The molecule has 3 aliphatic rings. The summed E-state index contributed by atoms with van der Waals surface area (Å²) in [6, 6.07) is 4.88. The maximum absolute atomic E-state index is 13.7. The summed E-state index contributed by atoms with van der Waals surface area (Å²) >= 11 is 0. The molecule has 0 aromatic heterocycles. The van der Waals surface area contributed by atoms with E-state index in [2.05, 4.69) is 5.32 Å². The van der Waals surface area contributed by atoms with Gasteiger partial charge in [-0.1, -0.05) is 6.07 Å². The maximum Gasteiger partial charge on any atom is 0.410 e. The predicted molar refractivity (Wildman–Crippen MR) is 88.4 cm³/mol. The fourth-order valence-corrected chi connectivity index (χ4v) is 3.53. The first-order valence-corrected chi connectivity index (χ1v) is 8.72. The van der Waals surface area contributed by atoms with E-state index in [0.29, 0.717) is 32.5 Å². The first kappa shape index (κ1) is 16.9. The Morgan fingerprint density at radius 3 is 2.85 bits per heavy atom. The van der Waals surface area contributed by atoms with Crippen LogP contribution in [0.25, 0.3) is 0 Å². The number of benzene rings is 1. The van der Waals surface area contributed by atoms with Crippen molar-refractivity contribution in [3.05, 3.63) is 29.6 Å². The molecule has 0 bridgehead atoms. The summed E-state index contributed by atoms with van der Waals surface area (Å²) in [5.74, 6) is 0.142. The second-order valence-electron chi connectivity index (χ2n) is 7.43. The fraction of sp³-hybridized carbons (Fsp3) is 0.556. The van der Waals surface area contributed by atoms with Crippen LogP contribution in [0.2, 0.25) is 0 Å². The van der Waals surface area contributed by atoms with Crippen LogP contribution in [0.5, 0.6) is 5.75 Å². The van der Waals surface area contributed by atoms with Crippen molar-refractivity contribution in [3.63, 3.8) is 0 Å². The molecule has 1 saturated carbocycles. The Hall–Kier alpha value is -2.51. The molecule has 140 valence electrons. The molecule has 2 amide bonds. The highest BCUT2D eigenvalue weighted by atomic mass is 19.1. The number of carbonyl (C=O) groups is 2. The van der Waals surface area contributed by atoms with Crippen molar-refractivity contribution in [3.8, 4) is 5.75 Å². The molecular formula is C18H21FN2O5. The first-order chi connectivity index (χ1) is 12.4. The standard InChI is InChI=1S/C18H21FN2O5/c1-11-2-3-15(14(19)4-11)24-7-12-5-13(6-12)26-17(23)21-8-18(9-21)10-25-16(22)20-18/h2-4,12-13H,5-10H2,1H3,(H,20,22). The predicted octanol–water partition coefficient (Wildman–Crippen LogP) is 2.22. The molecule has 1 aromatic carbocycles.